The van der Waals surface area contributed by atoms with Crippen molar-refractivity contribution in [1.82, 2.24) is 4.90 Å². The molecule has 1 fully saturated rings. The first-order valence-corrected chi connectivity index (χ1v) is 8.31. The minimum atomic E-state index is 0.257. The van der Waals surface area contributed by atoms with Gasteiger partial charge in [0.05, 0.1) is 13.2 Å². The third-order valence-electron chi connectivity index (χ3n) is 4.73. The summed E-state index contributed by atoms with van der Waals surface area (Å²) in [4.78, 5) is 15.0. The van der Waals surface area contributed by atoms with Crippen molar-refractivity contribution in [2.24, 2.45) is 0 Å². The second kappa shape index (κ2) is 6.61. The smallest absolute Gasteiger partial charge is 0.176 e. The summed E-state index contributed by atoms with van der Waals surface area (Å²) in [7, 11) is 0. The van der Waals surface area contributed by atoms with Gasteiger partial charge in [-0.25, -0.2) is 0 Å². The third kappa shape index (κ3) is 3.29. The SMILES string of the molecule is CCCC1CCCCN1CC(=O)c1ccc2c(c1)CCO2. The van der Waals surface area contributed by atoms with Gasteiger partial charge in [-0.1, -0.05) is 19.8 Å². The summed E-state index contributed by atoms with van der Waals surface area (Å²) in [6.45, 7) is 4.63. The third-order valence-corrected chi connectivity index (χ3v) is 4.73. The van der Waals surface area contributed by atoms with Crippen LogP contribution in [-0.2, 0) is 6.42 Å². The molecule has 114 valence electrons. The number of Topliss-reactive ketones (excluding diaryl/α,β-unsaturated/α-hetero) is 1. The second-order valence-electron chi connectivity index (χ2n) is 6.25. The zero-order chi connectivity index (χ0) is 14.7. The topological polar surface area (TPSA) is 29.5 Å². The van der Waals surface area contributed by atoms with Crippen molar-refractivity contribution >= 4 is 5.78 Å². The van der Waals surface area contributed by atoms with Crippen LogP contribution in [0.3, 0.4) is 0 Å². The van der Waals surface area contributed by atoms with Crippen LogP contribution in [0.4, 0.5) is 0 Å². The van der Waals surface area contributed by atoms with Gasteiger partial charge >= 0.3 is 0 Å². The molecule has 21 heavy (non-hydrogen) atoms. The number of rotatable bonds is 5. The summed E-state index contributed by atoms with van der Waals surface area (Å²) in [5.41, 5.74) is 2.03. The lowest BCUT2D eigenvalue weighted by Crippen LogP contribution is -2.42. The Hall–Kier alpha value is -1.35. The van der Waals surface area contributed by atoms with E-state index in [1.165, 1.54) is 37.7 Å². The van der Waals surface area contributed by atoms with Gasteiger partial charge < -0.3 is 4.74 Å². The summed E-state index contributed by atoms with van der Waals surface area (Å²) in [6, 6.07) is 6.51. The van der Waals surface area contributed by atoms with Crippen molar-refractivity contribution < 1.29 is 9.53 Å². The van der Waals surface area contributed by atoms with E-state index in [1.54, 1.807) is 0 Å². The Morgan fingerprint density at radius 3 is 3.14 bits per heavy atom. The van der Waals surface area contributed by atoms with Gasteiger partial charge in [0.15, 0.2) is 5.78 Å². The quantitative estimate of drug-likeness (QED) is 0.777. The summed E-state index contributed by atoms with van der Waals surface area (Å²) < 4.78 is 5.51. The Labute approximate surface area is 127 Å². The summed E-state index contributed by atoms with van der Waals surface area (Å²) in [6.07, 6.45) is 7.13. The first-order chi connectivity index (χ1) is 10.3. The maximum atomic E-state index is 12.6. The van der Waals surface area contributed by atoms with Gasteiger partial charge in [-0.05, 0) is 49.6 Å². The van der Waals surface area contributed by atoms with Crippen LogP contribution in [0.25, 0.3) is 0 Å². The number of piperidine rings is 1. The van der Waals surface area contributed by atoms with E-state index < -0.39 is 0 Å². The molecule has 2 aliphatic rings. The lowest BCUT2D eigenvalue weighted by Gasteiger charge is -2.35. The number of hydrogen-bond acceptors (Lipinski definition) is 3. The molecule has 0 spiro atoms. The van der Waals surface area contributed by atoms with Gasteiger partial charge in [-0.2, -0.15) is 0 Å². The van der Waals surface area contributed by atoms with E-state index >= 15 is 0 Å². The molecule has 1 saturated heterocycles. The Morgan fingerprint density at radius 1 is 1.38 bits per heavy atom. The van der Waals surface area contributed by atoms with E-state index in [0.29, 0.717) is 12.6 Å². The van der Waals surface area contributed by atoms with Crippen LogP contribution in [0.1, 0.15) is 54.9 Å². The van der Waals surface area contributed by atoms with Crippen LogP contribution >= 0.6 is 0 Å². The Bertz CT molecular complexity index is 510. The molecule has 0 aromatic heterocycles. The molecule has 2 aliphatic heterocycles. The fourth-order valence-electron chi connectivity index (χ4n) is 3.56. The monoisotopic (exact) mass is 287 g/mol. The average Bonchev–Trinajstić information content (AvgIpc) is 2.97. The second-order valence-corrected chi connectivity index (χ2v) is 6.25. The zero-order valence-corrected chi connectivity index (χ0v) is 12.9. The van der Waals surface area contributed by atoms with Gasteiger partial charge in [0.1, 0.15) is 5.75 Å². The molecule has 0 bridgehead atoms. The number of likely N-dealkylation sites (tertiary alicyclic amines) is 1. The van der Waals surface area contributed by atoms with E-state index in [1.807, 2.05) is 18.2 Å². The van der Waals surface area contributed by atoms with Crippen molar-refractivity contribution in [3.63, 3.8) is 0 Å². The molecule has 1 atom stereocenters. The molecule has 3 rings (SSSR count). The molecule has 3 heteroatoms. The predicted octanol–water partition coefficient (Wildman–Crippen LogP) is 3.46. The number of benzene rings is 1. The van der Waals surface area contributed by atoms with E-state index in [-0.39, 0.29) is 5.78 Å². The fourth-order valence-corrected chi connectivity index (χ4v) is 3.56. The van der Waals surface area contributed by atoms with Crippen LogP contribution in [0.2, 0.25) is 0 Å². The van der Waals surface area contributed by atoms with Gasteiger partial charge in [-0.3, -0.25) is 9.69 Å². The number of fused-ring (bicyclic) bond motifs is 1. The Kier molecular flexibility index (Phi) is 4.59. The lowest BCUT2D eigenvalue weighted by atomic mass is 9.97. The molecule has 1 aromatic carbocycles. The summed E-state index contributed by atoms with van der Waals surface area (Å²) in [5.74, 6) is 1.21. The zero-order valence-electron chi connectivity index (χ0n) is 12.9. The molecule has 2 heterocycles. The van der Waals surface area contributed by atoms with Crippen LogP contribution in [0.5, 0.6) is 5.75 Å². The van der Waals surface area contributed by atoms with E-state index in [2.05, 4.69) is 11.8 Å². The standard InChI is InChI=1S/C18H25NO2/c1-2-5-16-6-3-4-10-19(16)13-17(20)14-7-8-18-15(12-14)9-11-21-18/h7-8,12,16H,2-6,9-11,13H2,1H3. The normalized spacial score (nSPS) is 21.9. The average molecular weight is 287 g/mol. The molecule has 1 unspecified atom stereocenters. The van der Waals surface area contributed by atoms with Crippen LogP contribution in [-0.4, -0.2) is 36.4 Å². The molecular formula is C18H25NO2. The van der Waals surface area contributed by atoms with Crippen LogP contribution in [0.15, 0.2) is 18.2 Å². The summed E-state index contributed by atoms with van der Waals surface area (Å²) >= 11 is 0. The van der Waals surface area contributed by atoms with Gasteiger partial charge in [-0.15, -0.1) is 0 Å². The minimum absolute atomic E-state index is 0.257. The van der Waals surface area contributed by atoms with Crippen molar-refractivity contribution in [3.05, 3.63) is 29.3 Å². The highest BCUT2D eigenvalue weighted by Gasteiger charge is 2.24. The van der Waals surface area contributed by atoms with Crippen molar-refractivity contribution in [3.8, 4) is 5.75 Å². The maximum Gasteiger partial charge on any atom is 0.176 e. The number of hydrogen-bond donors (Lipinski definition) is 0. The van der Waals surface area contributed by atoms with Gasteiger partial charge in [0.25, 0.3) is 0 Å². The maximum absolute atomic E-state index is 12.6. The lowest BCUT2D eigenvalue weighted by molar-refractivity contribution is 0.0831. The minimum Gasteiger partial charge on any atom is -0.493 e. The van der Waals surface area contributed by atoms with E-state index in [4.69, 9.17) is 4.74 Å². The van der Waals surface area contributed by atoms with Crippen molar-refractivity contribution in [2.45, 2.75) is 51.5 Å². The number of ether oxygens (including phenoxy) is 1. The fraction of sp³-hybridized carbons (Fsp3) is 0.611. The molecule has 0 aliphatic carbocycles. The van der Waals surface area contributed by atoms with E-state index in [9.17, 15) is 4.79 Å². The van der Waals surface area contributed by atoms with Crippen LogP contribution in [0, 0.1) is 0 Å². The number of ketones is 1. The van der Waals surface area contributed by atoms with Crippen molar-refractivity contribution in [1.29, 1.82) is 0 Å². The highest BCUT2D eigenvalue weighted by Crippen LogP contribution is 2.27. The largest absolute Gasteiger partial charge is 0.493 e. The van der Waals surface area contributed by atoms with Crippen LogP contribution < -0.4 is 4.74 Å². The Morgan fingerprint density at radius 2 is 2.29 bits per heavy atom. The molecule has 1 aromatic rings. The highest BCUT2D eigenvalue weighted by molar-refractivity contribution is 5.98. The summed E-state index contributed by atoms with van der Waals surface area (Å²) in [5, 5.41) is 0. The molecule has 0 N–H and O–H groups in total. The predicted molar refractivity (Wildman–Crippen MR) is 84.1 cm³/mol. The number of carbonyl (C=O) groups is 1. The Balaban J connectivity index is 1.67. The van der Waals surface area contributed by atoms with Gasteiger partial charge in [0, 0.05) is 18.0 Å². The van der Waals surface area contributed by atoms with Gasteiger partial charge in [0.2, 0.25) is 0 Å². The molecule has 0 amide bonds. The number of carbonyl (C=O) groups excluding carboxylic acids is 1. The molecule has 0 radical (unpaired) electrons. The molecule has 0 saturated carbocycles. The van der Waals surface area contributed by atoms with E-state index in [0.717, 1.165) is 30.9 Å². The first kappa shape index (κ1) is 14.6. The molecule has 3 nitrogen and oxygen atoms in total. The highest BCUT2D eigenvalue weighted by atomic mass is 16.5. The number of nitrogens with zero attached hydrogens (tertiary/aromatic N) is 1. The molecular weight excluding hydrogens is 262 g/mol. The first-order valence-electron chi connectivity index (χ1n) is 8.31. The van der Waals surface area contributed by atoms with Crippen molar-refractivity contribution in [2.75, 3.05) is 19.7 Å².